The van der Waals surface area contributed by atoms with Gasteiger partial charge in [-0.2, -0.15) is 0 Å². The van der Waals surface area contributed by atoms with Gasteiger partial charge in [-0.05, 0) is 43.0 Å². The molecular formula is C29H42N2O4. The highest BCUT2D eigenvalue weighted by atomic mass is 16.5. The summed E-state index contributed by atoms with van der Waals surface area (Å²) in [5, 5.41) is 2.99. The standard InChI is InChI=1S/C29H42N2O4/c1-5-6-7-8-12-15-29(33)31(23(2)25-13-10-9-11-14-25)21-19-28(32)30-20-18-24-16-17-26(34-3)27(22-24)35-4/h9-11,13-14,16-17,22-23H,5-8,12,15,18-21H2,1-4H3,(H,30,32). The van der Waals surface area contributed by atoms with Gasteiger partial charge in [0.1, 0.15) is 0 Å². The van der Waals surface area contributed by atoms with Crippen molar-refractivity contribution in [1.29, 1.82) is 0 Å². The molecule has 1 atom stereocenters. The summed E-state index contributed by atoms with van der Waals surface area (Å²) in [7, 11) is 3.22. The summed E-state index contributed by atoms with van der Waals surface area (Å²) in [6.45, 7) is 5.16. The number of rotatable bonds is 16. The summed E-state index contributed by atoms with van der Waals surface area (Å²) >= 11 is 0. The second-order valence-corrected chi connectivity index (χ2v) is 8.88. The molecule has 0 aliphatic carbocycles. The number of unbranched alkanes of at least 4 members (excludes halogenated alkanes) is 4. The Hall–Kier alpha value is -3.02. The van der Waals surface area contributed by atoms with Crippen LogP contribution in [0.15, 0.2) is 48.5 Å². The van der Waals surface area contributed by atoms with Crippen molar-refractivity contribution in [3.63, 3.8) is 0 Å². The first-order valence-corrected chi connectivity index (χ1v) is 12.8. The molecule has 0 spiro atoms. The van der Waals surface area contributed by atoms with Crippen LogP contribution in [0.1, 0.15) is 76.0 Å². The van der Waals surface area contributed by atoms with Crippen LogP contribution in [0, 0.1) is 0 Å². The summed E-state index contributed by atoms with van der Waals surface area (Å²) in [4.78, 5) is 27.5. The first-order valence-electron chi connectivity index (χ1n) is 12.8. The van der Waals surface area contributed by atoms with Crippen LogP contribution in [0.2, 0.25) is 0 Å². The first kappa shape index (κ1) is 28.2. The fourth-order valence-electron chi connectivity index (χ4n) is 4.16. The van der Waals surface area contributed by atoms with Crippen LogP contribution in [-0.4, -0.2) is 44.0 Å². The van der Waals surface area contributed by atoms with Gasteiger partial charge in [0.25, 0.3) is 0 Å². The van der Waals surface area contributed by atoms with Gasteiger partial charge >= 0.3 is 0 Å². The topological polar surface area (TPSA) is 67.9 Å². The smallest absolute Gasteiger partial charge is 0.223 e. The minimum Gasteiger partial charge on any atom is -0.493 e. The predicted molar refractivity (Wildman–Crippen MR) is 141 cm³/mol. The lowest BCUT2D eigenvalue weighted by Crippen LogP contribution is -2.37. The van der Waals surface area contributed by atoms with Crippen molar-refractivity contribution in [2.24, 2.45) is 0 Å². The van der Waals surface area contributed by atoms with Crippen molar-refractivity contribution in [3.8, 4) is 11.5 Å². The third-order valence-electron chi connectivity index (χ3n) is 6.33. The van der Waals surface area contributed by atoms with Gasteiger partial charge in [-0.3, -0.25) is 9.59 Å². The second-order valence-electron chi connectivity index (χ2n) is 8.88. The average Bonchev–Trinajstić information content (AvgIpc) is 2.88. The van der Waals surface area contributed by atoms with E-state index in [-0.39, 0.29) is 24.3 Å². The molecule has 6 heteroatoms. The number of amides is 2. The van der Waals surface area contributed by atoms with Crippen molar-refractivity contribution >= 4 is 11.8 Å². The molecule has 0 bridgehead atoms. The number of hydrogen-bond acceptors (Lipinski definition) is 4. The molecule has 0 heterocycles. The van der Waals surface area contributed by atoms with Crippen LogP contribution in [-0.2, 0) is 16.0 Å². The number of hydrogen-bond donors (Lipinski definition) is 1. The van der Waals surface area contributed by atoms with Crippen molar-refractivity contribution in [1.82, 2.24) is 10.2 Å². The minimum atomic E-state index is -0.0705. The quantitative estimate of drug-likeness (QED) is 0.312. The van der Waals surface area contributed by atoms with Crippen LogP contribution in [0.5, 0.6) is 11.5 Å². The van der Waals surface area contributed by atoms with E-state index in [0.29, 0.717) is 37.4 Å². The van der Waals surface area contributed by atoms with Gasteiger partial charge < -0.3 is 19.7 Å². The molecular weight excluding hydrogens is 440 g/mol. The number of nitrogens with one attached hydrogen (secondary N) is 1. The average molecular weight is 483 g/mol. The summed E-state index contributed by atoms with van der Waals surface area (Å²) in [6.07, 6.45) is 7.03. The zero-order valence-corrected chi connectivity index (χ0v) is 21.8. The molecule has 192 valence electrons. The lowest BCUT2D eigenvalue weighted by Gasteiger charge is -2.30. The van der Waals surface area contributed by atoms with Crippen LogP contribution in [0.3, 0.4) is 0 Å². The van der Waals surface area contributed by atoms with Gasteiger partial charge in [0, 0.05) is 25.9 Å². The van der Waals surface area contributed by atoms with E-state index >= 15 is 0 Å². The predicted octanol–water partition coefficient (Wildman–Crippen LogP) is 5.70. The molecule has 0 fully saturated rings. The van der Waals surface area contributed by atoms with Crippen molar-refractivity contribution in [2.75, 3.05) is 27.3 Å². The normalized spacial score (nSPS) is 11.5. The number of ether oxygens (including phenoxy) is 2. The Morgan fingerprint density at radius 2 is 1.63 bits per heavy atom. The Bertz CT molecular complexity index is 901. The molecule has 2 amide bonds. The van der Waals surface area contributed by atoms with Crippen LogP contribution in [0.4, 0.5) is 0 Å². The van der Waals surface area contributed by atoms with Gasteiger partial charge in [-0.25, -0.2) is 0 Å². The highest BCUT2D eigenvalue weighted by molar-refractivity contribution is 5.79. The number of nitrogens with zero attached hydrogens (tertiary/aromatic N) is 1. The zero-order chi connectivity index (χ0) is 25.5. The molecule has 1 N–H and O–H groups in total. The number of methoxy groups -OCH3 is 2. The Labute approximate surface area is 211 Å². The SMILES string of the molecule is CCCCCCCC(=O)N(CCC(=O)NCCc1ccc(OC)c(OC)c1)C(C)c1ccccc1. The molecule has 2 rings (SSSR count). The maximum atomic E-state index is 13.1. The molecule has 2 aromatic rings. The monoisotopic (exact) mass is 482 g/mol. The van der Waals surface area contributed by atoms with Crippen LogP contribution < -0.4 is 14.8 Å². The van der Waals surface area contributed by atoms with E-state index in [9.17, 15) is 9.59 Å². The van der Waals surface area contributed by atoms with Crippen LogP contribution in [0.25, 0.3) is 0 Å². The molecule has 0 saturated carbocycles. The number of carbonyl (C=O) groups is 2. The van der Waals surface area contributed by atoms with Gasteiger partial charge in [0.05, 0.1) is 20.3 Å². The zero-order valence-electron chi connectivity index (χ0n) is 21.8. The van der Waals surface area contributed by atoms with E-state index in [1.54, 1.807) is 14.2 Å². The number of carbonyl (C=O) groups excluding carboxylic acids is 2. The van der Waals surface area contributed by atoms with Gasteiger partial charge in [-0.1, -0.05) is 69.0 Å². The molecule has 2 aromatic carbocycles. The highest BCUT2D eigenvalue weighted by Gasteiger charge is 2.22. The van der Waals surface area contributed by atoms with Crippen LogP contribution >= 0.6 is 0 Å². The van der Waals surface area contributed by atoms with Crippen molar-refractivity contribution in [2.45, 2.75) is 71.3 Å². The summed E-state index contributed by atoms with van der Waals surface area (Å²) in [6, 6.07) is 15.7. The molecule has 6 nitrogen and oxygen atoms in total. The lowest BCUT2D eigenvalue weighted by molar-refractivity contribution is -0.134. The lowest BCUT2D eigenvalue weighted by atomic mass is 10.0. The van der Waals surface area contributed by atoms with Gasteiger partial charge in [0.15, 0.2) is 11.5 Å². The second kappa shape index (κ2) is 15.8. The molecule has 0 aliphatic rings. The summed E-state index contributed by atoms with van der Waals surface area (Å²) < 4.78 is 10.6. The van der Waals surface area contributed by atoms with E-state index in [2.05, 4.69) is 12.2 Å². The molecule has 1 unspecified atom stereocenters. The maximum absolute atomic E-state index is 13.1. The van der Waals surface area contributed by atoms with E-state index in [1.807, 2.05) is 60.4 Å². The molecule has 0 aromatic heterocycles. The Balaban J connectivity index is 1.89. The molecule has 0 saturated heterocycles. The van der Waals surface area contributed by atoms with Gasteiger partial charge in [-0.15, -0.1) is 0 Å². The molecule has 0 aliphatic heterocycles. The largest absolute Gasteiger partial charge is 0.493 e. The number of benzene rings is 2. The third-order valence-corrected chi connectivity index (χ3v) is 6.33. The van der Waals surface area contributed by atoms with E-state index in [0.717, 1.165) is 24.0 Å². The first-order chi connectivity index (χ1) is 17.0. The summed E-state index contributed by atoms with van der Waals surface area (Å²) in [5.41, 5.74) is 2.14. The Morgan fingerprint density at radius 3 is 2.31 bits per heavy atom. The van der Waals surface area contributed by atoms with Gasteiger partial charge in [0.2, 0.25) is 11.8 Å². The summed E-state index contributed by atoms with van der Waals surface area (Å²) in [5.74, 6) is 1.43. The minimum absolute atomic E-state index is 0.0496. The highest BCUT2D eigenvalue weighted by Crippen LogP contribution is 2.27. The maximum Gasteiger partial charge on any atom is 0.223 e. The van der Waals surface area contributed by atoms with E-state index < -0.39 is 0 Å². The molecule has 0 radical (unpaired) electrons. The Morgan fingerprint density at radius 1 is 0.914 bits per heavy atom. The Kier molecular flexibility index (Phi) is 12.7. The third kappa shape index (κ3) is 9.63. The van der Waals surface area contributed by atoms with Crippen molar-refractivity contribution < 1.29 is 19.1 Å². The van der Waals surface area contributed by atoms with E-state index in [4.69, 9.17) is 9.47 Å². The fraction of sp³-hybridized carbons (Fsp3) is 0.517. The fourth-order valence-corrected chi connectivity index (χ4v) is 4.16. The van der Waals surface area contributed by atoms with E-state index in [1.165, 1.54) is 19.3 Å². The molecule has 35 heavy (non-hydrogen) atoms. The van der Waals surface area contributed by atoms with Crippen molar-refractivity contribution in [3.05, 3.63) is 59.7 Å².